The fourth-order valence-electron chi connectivity index (χ4n) is 4.48. The highest BCUT2D eigenvalue weighted by atomic mass is 35.5. The van der Waals surface area contributed by atoms with Crippen molar-refractivity contribution in [1.29, 1.82) is 0 Å². The minimum Gasteiger partial charge on any atom is -0.493 e. The van der Waals surface area contributed by atoms with Gasteiger partial charge in [0.15, 0.2) is 17.3 Å². The van der Waals surface area contributed by atoms with Crippen LogP contribution in [0.25, 0.3) is 11.4 Å². The Morgan fingerprint density at radius 3 is 2.26 bits per heavy atom. The second-order valence-corrected chi connectivity index (χ2v) is 8.93. The number of para-hydroxylation sites is 1. The van der Waals surface area contributed by atoms with E-state index in [2.05, 4.69) is 10.6 Å². The Bertz CT molecular complexity index is 1510. The first-order chi connectivity index (χ1) is 18.4. The lowest BCUT2D eigenvalue weighted by Gasteiger charge is -2.29. The minimum absolute atomic E-state index is 0.276. The number of methoxy groups -OCH3 is 3. The van der Waals surface area contributed by atoms with Crippen LogP contribution >= 0.6 is 11.6 Å². The van der Waals surface area contributed by atoms with Crippen LogP contribution in [0.1, 0.15) is 18.5 Å². The first-order valence-electron chi connectivity index (χ1n) is 11.8. The van der Waals surface area contributed by atoms with E-state index in [0.717, 1.165) is 5.56 Å². The van der Waals surface area contributed by atoms with Gasteiger partial charge in [-0.05, 0) is 37.3 Å². The molecule has 0 bridgehead atoms. The summed E-state index contributed by atoms with van der Waals surface area (Å²) in [5.74, 6) is 2.01. The second-order valence-electron chi connectivity index (χ2n) is 8.53. The summed E-state index contributed by atoms with van der Waals surface area (Å²) in [5.41, 5.74) is 3.15. The molecule has 0 spiro atoms. The number of ether oxygens (including phenoxy) is 3. The van der Waals surface area contributed by atoms with E-state index < -0.39 is 6.04 Å². The molecule has 194 valence electrons. The van der Waals surface area contributed by atoms with Gasteiger partial charge in [-0.2, -0.15) is 4.98 Å². The molecule has 0 aliphatic carbocycles. The van der Waals surface area contributed by atoms with Crippen molar-refractivity contribution in [3.05, 3.63) is 88.6 Å². The van der Waals surface area contributed by atoms with Crippen LogP contribution in [0.3, 0.4) is 0 Å². The van der Waals surface area contributed by atoms with Gasteiger partial charge in [-0.25, -0.2) is 4.68 Å². The molecule has 1 aliphatic heterocycles. The Balaban J connectivity index is 1.63. The van der Waals surface area contributed by atoms with Gasteiger partial charge in [-0.3, -0.25) is 4.79 Å². The largest absolute Gasteiger partial charge is 0.493 e. The zero-order chi connectivity index (χ0) is 26.8. The molecule has 38 heavy (non-hydrogen) atoms. The van der Waals surface area contributed by atoms with Gasteiger partial charge < -0.3 is 24.8 Å². The highest BCUT2D eigenvalue weighted by Gasteiger charge is 2.35. The molecular weight excluding hydrogens is 506 g/mol. The van der Waals surface area contributed by atoms with Crippen LogP contribution in [0.5, 0.6) is 17.2 Å². The number of halogens is 1. The van der Waals surface area contributed by atoms with Crippen molar-refractivity contribution in [1.82, 2.24) is 14.8 Å². The Morgan fingerprint density at radius 1 is 0.974 bits per heavy atom. The zero-order valence-corrected chi connectivity index (χ0v) is 22.0. The molecule has 1 unspecified atom stereocenters. The SMILES string of the molecule is COc1cc(-c2nc3n(n2)C(c2ccccc2Cl)C(C(=O)Nc2ccccc2)=C(C)N3)cc(OC)c1OC. The van der Waals surface area contributed by atoms with Gasteiger partial charge in [-0.15, -0.1) is 5.10 Å². The topological polar surface area (TPSA) is 99.5 Å². The number of nitrogens with one attached hydrogen (secondary N) is 2. The maximum absolute atomic E-state index is 13.6. The molecule has 0 saturated heterocycles. The van der Waals surface area contributed by atoms with Gasteiger partial charge in [0.05, 0.1) is 26.9 Å². The van der Waals surface area contributed by atoms with Crippen molar-refractivity contribution in [3.8, 4) is 28.6 Å². The summed E-state index contributed by atoms with van der Waals surface area (Å²) in [6.07, 6.45) is 0. The molecule has 1 atom stereocenters. The molecule has 9 nitrogen and oxygen atoms in total. The van der Waals surface area contributed by atoms with E-state index in [9.17, 15) is 4.79 Å². The molecule has 2 heterocycles. The number of amides is 1. The number of hydrogen-bond donors (Lipinski definition) is 2. The maximum Gasteiger partial charge on any atom is 0.255 e. The Hall–Kier alpha value is -4.50. The summed E-state index contributed by atoms with van der Waals surface area (Å²) < 4.78 is 18.1. The first kappa shape index (κ1) is 25.2. The first-order valence-corrected chi connectivity index (χ1v) is 12.2. The molecular formula is C28H26ClN5O4. The third-order valence-electron chi connectivity index (χ3n) is 6.25. The van der Waals surface area contributed by atoms with E-state index in [0.29, 0.717) is 56.6 Å². The molecule has 0 fully saturated rings. The lowest BCUT2D eigenvalue weighted by Crippen LogP contribution is -2.31. The summed E-state index contributed by atoms with van der Waals surface area (Å²) in [6, 6.07) is 19.6. The van der Waals surface area contributed by atoms with Crippen LogP contribution in [0.15, 0.2) is 78.0 Å². The average molecular weight is 532 g/mol. The smallest absolute Gasteiger partial charge is 0.255 e. The van der Waals surface area contributed by atoms with E-state index in [-0.39, 0.29) is 5.91 Å². The summed E-state index contributed by atoms with van der Waals surface area (Å²) >= 11 is 6.66. The van der Waals surface area contributed by atoms with Crippen molar-refractivity contribution >= 4 is 29.1 Å². The van der Waals surface area contributed by atoms with E-state index >= 15 is 0 Å². The number of rotatable bonds is 7. The number of allylic oxidation sites excluding steroid dienone is 1. The number of anilines is 2. The second kappa shape index (κ2) is 10.5. The number of nitrogens with zero attached hydrogens (tertiary/aromatic N) is 3. The summed E-state index contributed by atoms with van der Waals surface area (Å²) in [6.45, 7) is 1.83. The van der Waals surface area contributed by atoms with Crippen LogP contribution in [0.2, 0.25) is 5.02 Å². The Labute approximate surface area is 225 Å². The quantitative estimate of drug-likeness (QED) is 0.322. The Morgan fingerprint density at radius 2 is 1.63 bits per heavy atom. The molecule has 10 heteroatoms. The van der Waals surface area contributed by atoms with Crippen LogP contribution in [0, 0.1) is 0 Å². The van der Waals surface area contributed by atoms with Crippen molar-refractivity contribution in [2.24, 2.45) is 0 Å². The zero-order valence-electron chi connectivity index (χ0n) is 21.3. The fourth-order valence-corrected chi connectivity index (χ4v) is 4.72. The molecule has 2 N–H and O–H groups in total. The van der Waals surface area contributed by atoms with E-state index in [1.54, 1.807) is 44.2 Å². The third-order valence-corrected chi connectivity index (χ3v) is 6.60. The van der Waals surface area contributed by atoms with Crippen molar-refractivity contribution in [2.45, 2.75) is 13.0 Å². The highest BCUT2D eigenvalue weighted by molar-refractivity contribution is 6.31. The predicted octanol–water partition coefficient (Wildman–Crippen LogP) is 5.55. The fraction of sp³-hybridized carbons (Fsp3) is 0.179. The lowest BCUT2D eigenvalue weighted by atomic mass is 9.95. The average Bonchev–Trinajstić information content (AvgIpc) is 3.36. The van der Waals surface area contributed by atoms with Gasteiger partial charge in [0.1, 0.15) is 6.04 Å². The van der Waals surface area contributed by atoms with Crippen molar-refractivity contribution in [2.75, 3.05) is 32.0 Å². The molecule has 1 amide bonds. The van der Waals surface area contributed by atoms with Crippen molar-refractivity contribution in [3.63, 3.8) is 0 Å². The minimum atomic E-state index is -0.632. The molecule has 1 aromatic heterocycles. The van der Waals surface area contributed by atoms with Crippen molar-refractivity contribution < 1.29 is 19.0 Å². The number of hydrogen-bond acceptors (Lipinski definition) is 7. The number of carbonyl (C=O) groups is 1. The van der Waals surface area contributed by atoms with E-state index in [4.69, 9.17) is 35.9 Å². The molecule has 1 aliphatic rings. The van der Waals surface area contributed by atoms with E-state index in [1.807, 2.05) is 55.5 Å². The molecule has 4 aromatic rings. The molecule has 3 aromatic carbocycles. The monoisotopic (exact) mass is 531 g/mol. The Kier molecular flexibility index (Phi) is 6.93. The predicted molar refractivity (Wildman–Crippen MR) is 146 cm³/mol. The van der Waals surface area contributed by atoms with Crippen LogP contribution in [-0.2, 0) is 4.79 Å². The van der Waals surface area contributed by atoms with Gasteiger partial charge in [-0.1, -0.05) is 48.0 Å². The molecule has 0 radical (unpaired) electrons. The molecule has 0 saturated carbocycles. The highest BCUT2D eigenvalue weighted by Crippen LogP contribution is 2.43. The number of benzene rings is 3. The van der Waals surface area contributed by atoms with Crippen LogP contribution < -0.4 is 24.8 Å². The van der Waals surface area contributed by atoms with Crippen LogP contribution in [0.4, 0.5) is 11.6 Å². The van der Waals surface area contributed by atoms with Crippen LogP contribution in [-0.4, -0.2) is 42.0 Å². The van der Waals surface area contributed by atoms with Gasteiger partial charge >= 0.3 is 0 Å². The lowest BCUT2D eigenvalue weighted by molar-refractivity contribution is -0.113. The number of fused-ring (bicyclic) bond motifs is 1. The number of aromatic nitrogens is 3. The summed E-state index contributed by atoms with van der Waals surface area (Å²) in [7, 11) is 4.64. The van der Waals surface area contributed by atoms with Gasteiger partial charge in [0.25, 0.3) is 5.91 Å². The van der Waals surface area contributed by atoms with E-state index in [1.165, 1.54) is 0 Å². The van der Waals surface area contributed by atoms with Gasteiger partial charge in [0, 0.05) is 27.5 Å². The normalized spacial score (nSPS) is 14.4. The standard InChI is InChI=1S/C28H26ClN5O4/c1-16-23(27(35)31-18-10-6-5-7-11-18)24(19-12-8-9-13-20(19)29)34-28(30-16)32-26(33-34)17-14-21(36-2)25(38-4)22(15-17)37-3/h5-15,24H,1-4H3,(H,31,35)(H,30,32,33). The third kappa shape index (κ3) is 4.52. The summed E-state index contributed by atoms with van der Waals surface area (Å²) in [4.78, 5) is 18.4. The maximum atomic E-state index is 13.6. The summed E-state index contributed by atoms with van der Waals surface area (Å²) in [5, 5.41) is 11.6. The number of carbonyl (C=O) groups excluding carboxylic acids is 1. The molecule has 5 rings (SSSR count). The van der Waals surface area contributed by atoms with Gasteiger partial charge in [0.2, 0.25) is 11.7 Å².